The Morgan fingerprint density at radius 1 is 1.18 bits per heavy atom. The van der Waals surface area contributed by atoms with Gasteiger partial charge in [-0.05, 0) is 65.7 Å². The first-order valence-electron chi connectivity index (χ1n) is 8.73. The highest BCUT2D eigenvalue weighted by Gasteiger charge is 2.12. The molecule has 2 aromatic carbocycles. The maximum absolute atomic E-state index is 12.4. The lowest BCUT2D eigenvalue weighted by molar-refractivity contribution is 0.104. The summed E-state index contributed by atoms with van der Waals surface area (Å²) in [6, 6.07) is 13.2. The number of aryl methyl sites for hydroxylation is 1. The number of rotatable bonds is 6. The molecular weight excluding hydrogens is 484 g/mol. The molecule has 0 saturated heterocycles. The maximum Gasteiger partial charge on any atom is 0.185 e. The molecule has 0 radical (unpaired) electrons. The molecule has 1 heterocycles. The lowest BCUT2D eigenvalue weighted by atomic mass is 10.1. The third-order valence-corrected chi connectivity index (χ3v) is 6.09. The van der Waals surface area contributed by atoms with E-state index in [1.54, 1.807) is 19.3 Å². The van der Waals surface area contributed by atoms with Crippen molar-refractivity contribution in [2.45, 2.75) is 20.4 Å². The fraction of sp³-hybridized carbons (Fsp3) is 0.182. The van der Waals surface area contributed by atoms with E-state index in [9.17, 15) is 4.79 Å². The van der Waals surface area contributed by atoms with Crippen molar-refractivity contribution in [3.05, 3.63) is 85.6 Å². The van der Waals surface area contributed by atoms with Gasteiger partial charge in [-0.3, -0.25) is 9.48 Å². The molecular formula is C22H20Br2N2O2. The molecule has 0 atom stereocenters. The zero-order valence-corrected chi connectivity index (χ0v) is 19.0. The average Bonchev–Trinajstić information content (AvgIpc) is 2.93. The molecule has 6 heteroatoms. The standard InChI is InChI=1S/C22H20Br2N2O2/c1-14-22(24)15(2)26(25-14)13-18-11-16(8-10-21(18)28-3)7-9-20(27)17-5-4-6-19(23)12-17/h4-12H,13H2,1-3H3/b9-7+. The van der Waals surface area contributed by atoms with Crippen molar-refractivity contribution in [3.8, 4) is 5.75 Å². The van der Waals surface area contributed by atoms with Crippen LogP contribution in [-0.4, -0.2) is 22.7 Å². The Labute approximate surface area is 181 Å². The van der Waals surface area contributed by atoms with Gasteiger partial charge in [0.15, 0.2) is 5.78 Å². The second kappa shape index (κ2) is 8.88. The van der Waals surface area contributed by atoms with Gasteiger partial charge in [-0.15, -0.1) is 0 Å². The highest BCUT2D eigenvalue weighted by atomic mass is 79.9. The van der Waals surface area contributed by atoms with Crippen LogP contribution in [-0.2, 0) is 6.54 Å². The molecule has 28 heavy (non-hydrogen) atoms. The van der Waals surface area contributed by atoms with Crippen LogP contribution in [0.15, 0.2) is 57.5 Å². The summed E-state index contributed by atoms with van der Waals surface area (Å²) >= 11 is 6.96. The predicted molar refractivity (Wildman–Crippen MR) is 119 cm³/mol. The first-order chi connectivity index (χ1) is 13.4. The summed E-state index contributed by atoms with van der Waals surface area (Å²) in [7, 11) is 1.66. The Bertz CT molecular complexity index is 1050. The van der Waals surface area contributed by atoms with Crippen molar-refractivity contribution >= 4 is 43.7 Å². The summed E-state index contributed by atoms with van der Waals surface area (Å²) < 4.78 is 9.35. The van der Waals surface area contributed by atoms with E-state index in [2.05, 4.69) is 37.0 Å². The number of hydrogen-bond acceptors (Lipinski definition) is 3. The summed E-state index contributed by atoms with van der Waals surface area (Å²) in [5, 5.41) is 4.57. The second-order valence-corrected chi connectivity index (χ2v) is 8.13. The summed E-state index contributed by atoms with van der Waals surface area (Å²) in [5.74, 6) is 0.750. The summed E-state index contributed by atoms with van der Waals surface area (Å²) in [6.07, 6.45) is 3.41. The number of methoxy groups -OCH3 is 1. The molecule has 0 fully saturated rings. The van der Waals surface area contributed by atoms with Crippen LogP contribution < -0.4 is 4.74 Å². The van der Waals surface area contributed by atoms with E-state index in [1.807, 2.05) is 61.0 Å². The van der Waals surface area contributed by atoms with Crippen LogP contribution >= 0.6 is 31.9 Å². The zero-order chi connectivity index (χ0) is 20.3. The van der Waals surface area contributed by atoms with Crippen molar-refractivity contribution in [3.63, 3.8) is 0 Å². The molecule has 4 nitrogen and oxygen atoms in total. The van der Waals surface area contributed by atoms with Gasteiger partial charge in [-0.25, -0.2) is 0 Å². The lowest BCUT2D eigenvalue weighted by Gasteiger charge is -2.11. The molecule has 0 N–H and O–H groups in total. The number of carbonyl (C=O) groups is 1. The SMILES string of the molecule is COc1ccc(/C=C/C(=O)c2cccc(Br)c2)cc1Cn1nc(C)c(Br)c1C. The Kier molecular flexibility index (Phi) is 6.52. The molecule has 0 unspecified atom stereocenters. The summed E-state index contributed by atoms with van der Waals surface area (Å²) in [6.45, 7) is 4.58. The number of nitrogens with zero attached hydrogens (tertiary/aromatic N) is 2. The third-order valence-electron chi connectivity index (χ3n) is 4.45. The van der Waals surface area contributed by atoms with E-state index in [-0.39, 0.29) is 5.78 Å². The van der Waals surface area contributed by atoms with Crippen molar-refractivity contribution in [1.29, 1.82) is 0 Å². The minimum atomic E-state index is -0.0406. The minimum absolute atomic E-state index is 0.0406. The smallest absolute Gasteiger partial charge is 0.185 e. The average molecular weight is 504 g/mol. The van der Waals surface area contributed by atoms with Gasteiger partial charge in [0.05, 0.1) is 29.5 Å². The first-order valence-corrected chi connectivity index (χ1v) is 10.3. The number of ether oxygens (including phenoxy) is 1. The van der Waals surface area contributed by atoms with Gasteiger partial charge in [0, 0.05) is 15.6 Å². The van der Waals surface area contributed by atoms with Crippen molar-refractivity contribution in [2.75, 3.05) is 7.11 Å². The lowest BCUT2D eigenvalue weighted by Crippen LogP contribution is -2.06. The van der Waals surface area contributed by atoms with Gasteiger partial charge in [0.2, 0.25) is 0 Å². The predicted octanol–water partition coefficient (Wildman–Crippen LogP) is 5.98. The van der Waals surface area contributed by atoms with Crippen molar-refractivity contribution in [2.24, 2.45) is 0 Å². The Morgan fingerprint density at radius 2 is 1.96 bits per heavy atom. The number of ketones is 1. The number of aromatic nitrogens is 2. The van der Waals surface area contributed by atoms with E-state index >= 15 is 0 Å². The summed E-state index contributed by atoms with van der Waals surface area (Å²) in [5.41, 5.74) is 4.58. The van der Waals surface area contributed by atoms with Crippen LogP contribution in [0.4, 0.5) is 0 Å². The largest absolute Gasteiger partial charge is 0.496 e. The molecule has 0 amide bonds. The van der Waals surface area contributed by atoms with E-state index in [4.69, 9.17) is 4.74 Å². The normalized spacial score (nSPS) is 11.2. The van der Waals surface area contributed by atoms with E-state index in [0.717, 1.165) is 37.2 Å². The maximum atomic E-state index is 12.4. The molecule has 3 rings (SSSR count). The van der Waals surface area contributed by atoms with Crippen LogP contribution in [0, 0.1) is 13.8 Å². The van der Waals surface area contributed by atoms with Crippen molar-refractivity contribution in [1.82, 2.24) is 9.78 Å². The zero-order valence-electron chi connectivity index (χ0n) is 15.9. The van der Waals surface area contributed by atoms with Gasteiger partial charge < -0.3 is 4.74 Å². The summed E-state index contributed by atoms with van der Waals surface area (Å²) in [4.78, 5) is 12.4. The molecule has 0 aliphatic rings. The Hall–Kier alpha value is -2.18. The highest BCUT2D eigenvalue weighted by Crippen LogP contribution is 2.25. The monoisotopic (exact) mass is 502 g/mol. The van der Waals surface area contributed by atoms with Crippen LogP contribution in [0.2, 0.25) is 0 Å². The fourth-order valence-electron chi connectivity index (χ4n) is 2.93. The van der Waals surface area contributed by atoms with E-state index in [1.165, 1.54) is 0 Å². The second-order valence-electron chi connectivity index (χ2n) is 6.42. The number of allylic oxidation sites excluding steroid dienone is 1. The van der Waals surface area contributed by atoms with Gasteiger partial charge in [0.25, 0.3) is 0 Å². The van der Waals surface area contributed by atoms with E-state index in [0.29, 0.717) is 12.1 Å². The molecule has 0 bridgehead atoms. The fourth-order valence-corrected chi connectivity index (χ4v) is 3.61. The number of benzene rings is 2. The molecule has 0 spiro atoms. The third kappa shape index (κ3) is 4.62. The topological polar surface area (TPSA) is 44.1 Å². The van der Waals surface area contributed by atoms with Crippen LogP contribution in [0.3, 0.4) is 0 Å². The number of carbonyl (C=O) groups excluding carboxylic acids is 1. The van der Waals surface area contributed by atoms with Crippen LogP contribution in [0.1, 0.15) is 32.9 Å². The molecule has 144 valence electrons. The molecule has 0 aliphatic heterocycles. The Balaban J connectivity index is 1.86. The molecule has 0 saturated carbocycles. The van der Waals surface area contributed by atoms with Gasteiger partial charge >= 0.3 is 0 Å². The van der Waals surface area contributed by atoms with Crippen molar-refractivity contribution < 1.29 is 9.53 Å². The number of halogens is 2. The molecule has 0 aliphatic carbocycles. The first kappa shape index (κ1) is 20.6. The Morgan fingerprint density at radius 3 is 2.61 bits per heavy atom. The van der Waals surface area contributed by atoms with E-state index < -0.39 is 0 Å². The highest BCUT2D eigenvalue weighted by molar-refractivity contribution is 9.10. The quantitative estimate of drug-likeness (QED) is 0.307. The molecule has 3 aromatic rings. The van der Waals surface area contributed by atoms with Crippen LogP contribution in [0.25, 0.3) is 6.08 Å². The van der Waals surface area contributed by atoms with Gasteiger partial charge in [-0.2, -0.15) is 5.10 Å². The molecule has 1 aromatic heterocycles. The van der Waals surface area contributed by atoms with Gasteiger partial charge in [-0.1, -0.05) is 40.2 Å². The van der Waals surface area contributed by atoms with Gasteiger partial charge in [0.1, 0.15) is 5.75 Å². The minimum Gasteiger partial charge on any atom is -0.496 e. The van der Waals surface area contributed by atoms with Crippen LogP contribution in [0.5, 0.6) is 5.75 Å². The number of hydrogen-bond donors (Lipinski definition) is 0.